The van der Waals surface area contributed by atoms with Crippen LogP contribution in [0.2, 0.25) is 0 Å². The molecule has 0 radical (unpaired) electrons. The molecule has 1 saturated heterocycles. The molecule has 1 aliphatic heterocycles. The minimum absolute atomic E-state index is 0.865. The zero-order valence-electron chi connectivity index (χ0n) is 13.2. The molecule has 0 amide bonds. The minimum Gasteiger partial charge on any atom is -0.301 e. The van der Waals surface area contributed by atoms with Crippen molar-refractivity contribution in [3.8, 4) is 6.57 Å². The maximum Gasteiger partial charge on any atom is 0.0462 e. The van der Waals surface area contributed by atoms with Crippen LogP contribution in [-0.4, -0.2) is 24.0 Å². The van der Waals surface area contributed by atoms with Gasteiger partial charge in [-0.1, -0.05) is 58.3 Å². The average molecular weight is 266 g/mol. The van der Waals surface area contributed by atoms with Crippen LogP contribution in [0.15, 0.2) is 0 Å². The molecule has 1 heterocycles. The fourth-order valence-corrected chi connectivity index (χ4v) is 2.95. The molecule has 0 aromatic carbocycles. The van der Waals surface area contributed by atoms with Gasteiger partial charge in [-0.2, -0.15) is 0 Å². The van der Waals surface area contributed by atoms with Crippen molar-refractivity contribution in [1.82, 2.24) is 4.90 Å². The van der Waals surface area contributed by atoms with Gasteiger partial charge in [0, 0.05) is 12.6 Å². The second kappa shape index (κ2) is 13.9. The average Bonchev–Trinajstić information content (AvgIpc) is 2.85. The number of hydrogen-bond acceptors (Lipinski definition) is 2. The van der Waals surface area contributed by atoms with E-state index >= 15 is 0 Å². The fraction of sp³-hybridized carbons (Fsp3) is 0.941. The van der Waals surface area contributed by atoms with E-state index in [9.17, 15) is 0 Å². The molecule has 112 valence electrons. The Bertz CT molecular complexity index is 201. The summed E-state index contributed by atoms with van der Waals surface area (Å²) in [6.07, 6.45) is 15.9. The number of nitrogens with zero attached hydrogens (tertiary/aromatic N) is 2. The van der Waals surface area contributed by atoms with E-state index < -0.39 is 0 Å². The Morgan fingerprint density at radius 3 is 1.95 bits per heavy atom. The lowest BCUT2D eigenvalue weighted by Gasteiger charge is -2.20. The van der Waals surface area contributed by atoms with E-state index in [1.54, 1.807) is 0 Å². The van der Waals surface area contributed by atoms with Crippen molar-refractivity contribution in [2.45, 2.75) is 90.5 Å². The van der Waals surface area contributed by atoms with Crippen LogP contribution in [-0.2, 0) is 0 Å². The molecular weight excluding hydrogens is 232 g/mol. The Hall–Kier alpha value is -0.550. The molecule has 0 saturated carbocycles. The lowest BCUT2D eigenvalue weighted by molar-refractivity contribution is 0.262. The third-order valence-electron chi connectivity index (χ3n) is 4.24. The summed E-state index contributed by atoms with van der Waals surface area (Å²) in [5.41, 5.74) is 0. The normalized spacial score (nSPS) is 19.1. The maximum atomic E-state index is 6.50. The molecule has 0 spiro atoms. The van der Waals surface area contributed by atoms with Crippen molar-refractivity contribution < 1.29 is 0 Å². The zero-order valence-corrected chi connectivity index (χ0v) is 13.2. The number of hydrogen-bond donors (Lipinski definition) is 0. The van der Waals surface area contributed by atoms with Crippen molar-refractivity contribution in [2.24, 2.45) is 0 Å². The van der Waals surface area contributed by atoms with Crippen LogP contribution < -0.4 is 0 Å². The van der Waals surface area contributed by atoms with E-state index in [1.165, 1.54) is 83.7 Å². The van der Waals surface area contributed by atoms with Crippen LogP contribution in [0.25, 0.3) is 0 Å². The molecule has 19 heavy (non-hydrogen) atoms. The summed E-state index contributed by atoms with van der Waals surface area (Å²) in [4.78, 5) is 2.68. The summed E-state index contributed by atoms with van der Waals surface area (Å²) in [6, 6.07) is 0.865. The lowest BCUT2D eigenvalue weighted by atomic mass is 10.1. The molecule has 1 atom stereocenters. The van der Waals surface area contributed by atoms with Gasteiger partial charge in [-0.25, -0.2) is 5.26 Å². The predicted octanol–water partition coefficient (Wildman–Crippen LogP) is 5.14. The van der Waals surface area contributed by atoms with E-state index in [2.05, 4.69) is 25.3 Å². The highest BCUT2D eigenvalue weighted by atomic mass is 15.2. The van der Waals surface area contributed by atoms with Gasteiger partial charge < -0.3 is 4.90 Å². The van der Waals surface area contributed by atoms with Gasteiger partial charge in [0.05, 0.1) is 0 Å². The zero-order chi connectivity index (χ0) is 14.3. The lowest BCUT2D eigenvalue weighted by Crippen LogP contribution is -2.27. The molecular formula is C17H34N2. The van der Waals surface area contributed by atoms with Crippen LogP contribution >= 0.6 is 0 Å². The molecule has 0 bridgehead atoms. The number of nitriles is 1. The van der Waals surface area contributed by atoms with E-state index in [-0.39, 0.29) is 0 Å². The quantitative estimate of drug-likeness (QED) is 0.512. The van der Waals surface area contributed by atoms with Gasteiger partial charge in [0.2, 0.25) is 0 Å². The van der Waals surface area contributed by atoms with Crippen molar-refractivity contribution in [3.05, 3.63) is 0 Å². The Kier molecular flexibility index (Phi) is 13.5. The van der Waals surface area contributed by atoms with Crippen molar-refractivity contribution in [3.63, 3.8) is 0 Å². The van der Waals surface area contributed by atoms with Crippen molar-refractivity contribution in [1.29, 1.82) is 5.26 Å². The molecule has 1 fully saturated rings. The minimum atomic E-state index is 0.865. The van der Waals surface area contributed by atoms with Crippen LogP contribution in [0.5, 0.6) is 0 Å². The smallest absolute Gasteiger partial charge is 0.0462 e. The first-order valence-electron chi connectivity index (χ1n) is 8.34. The third kappa shape index (κ3) is 9.96. The van der Waals surface area contributed by atoms with Gasteiger partial charge in [0.25, 0.3) is 0 Å². The second-order valence-electron chi connectivity index (χ2n) is 5.86. The summed E-state index contributed by atoms with van der Waals surface area (Å²) < 4.78 is 0. The number of rotatable bonds is 10. The van der Waals surface area contributed by atoms with E-state index in [0.29, 0.717) is 0 Å². The molecule has 2 heteroatoms. The largest absolute Gasteiger partial charge is 0.301 e. The predicted molar refractivity (Wildman–Crippen MR) is 84.2 cm³/mol. The first-order valence-corrected chi connectivity index (χ1v) is 8.34. The van der Waals surface area contributed by atoms with Gasteiger partial charge in [0.15, 0.2) is 0 Å². The molecule has 2 nitrogen and oxygen atoms in total. The molecule has 1 rings (SSSR count). The monoisotopic (exact) mass is 266 g/mol. The Balaban J connectivity index is 0.00000154. The van der Waals surface area contributed by atoms with Gasteiger partial charge >= 0.3 is 0 Å². The number of unbranched alkanes of at least 4 members (excludes halogenated alkanes) is 8. The van der Waals surface area contributed by atoms with E-state index in [1.807, 2.05) is 0 Å². The summed E-state index contributed by atoms with van der Waals surface area (Å²) in [5.74, 6) is 0. The van der Waals surface area contributed by atoms with Crippen LogP contribution in [0.1, 0.15) is 84.5 Å². The van der Waals surface area contributed by atoms with Crippen LogP contribution in [0.4, 0.5) is 0 Å². The molecule has 1 unspecified atom stereocenters. The third-order valence-corrected chi connectivity index (χ3v) is 4.24. The molecule has 0 N–H and O–H groups in total. The van der Waals surface area contributed by atoms with Gasteiger partial charge in [0.1, 0.15) is 0 Å². The Labute approximate surface area is 121 Å². The molecule has 0 aromatic rings. The van der Waals surface area contributed by atoms with Gasteiger partial charge in [-0.05, 0) is 39.3 Å². The Morgan fingerprint density at radius 2 is 1.47 bits per heavy atom. The molecule has 0 aliphatic carbocycles. The SMILES string of the molecule is C#N.CCCCCCCCCCCN1CCCC1C. The van der Waals surface area contributed by atoms with Crippen molar-refractivity contribution in [2.75, 3.05) is 13.1 Å². The summed E-state index contributed by atoms with van der Waals surface area (Å²) in [6.45, 7) is 10.9. The number of likely N-dealkylation sites (tertiary alicyclic amines) is 1. The highest BCUT2D eigenvalue weighted by Crippen LogP contribution is 2.17. The van der Waals surface area contributed by atoms with Crippen molar-refractivity contribution >= 4 is 0 Å². The van der Waals surface area contributed by atoms with Gasteiger partial charge in [-0.3, -0.25) is 0 Å². The maximum absolute atomic E-state index is 6.50. The summed E-state index contributed by atoms with van der Waals surface area (Å²) in [7, 11) is 0. The molecule has 1 aliphatic rings. The molecule has 0 aromatic heterocycles. The first-order chi connectivity index (χ1) is 9.34. The van der Waals surface area contributed by atoms with E-state index in [0.717, 1.165) is 6.04 Å². The van der Waals surface area contributed by atoms with E-state index in [4.69, 9.17) is 5.26 Å². The Morgan fingerprint density at radius 1 is 0.947 bits per heavy atom. The van der Waals surface area contributed by atoms with Gasteiger partial charge in [-0.15, -0.1) is 0 Å². The highest BCUT2D eigenvalue weighted by Gasteiger charge is 2.18. The topological polar surface area (TPSA) is 27.0 Å². The standard InChI is InChI=1S/C16H33N.CHN/c1-3-4-5-6-7-8-9-10-11-14-17-15-12-13-16(17)2;1-2/h16H,3-15H2,1-2H3;1H. The highest BCUT2D eigenvalue weighted by molar-refractivity contribution is 4.74. The summed E-state index contributed by atoms with van der Waals surface area (Å²) in [5, 5.41) is 6.50. The summed E-state index contributed by atoms with van der Waals surface area (Å²) >= 11 is 0. The van der Waals surface area contributed by atoms with Crippen LogP contribution in [0.3, 0.4) is 0 Å². The van der Waals surface area contributed by atoms with Crippen LogP contribution in [0, 0.1) is 11.8 Å². The first kappa shape index (κ1) is 18.4. The second-order valence-corrected chi connectivity index (χ2v) is 5.86. The fourth-order valence-electron chi connectivity index (χ4n) is 2.95.